The van der Waals surface area contributed by atoms with E-state index >= 15 is 0 Å². The fraction of sp³-hybridized carbons (Fsp3) is 0.500. The van der Waals surface area contributed by atoms with E-state index in [1.807, 2.05) is 6.07 Å². The summed E-state index contributed by atoms with van der Waals surface area (Å²) in [5.74, 6) is 0.688. The zero-order valence-electron chi connectivity index (χ0n) is 11.9. The molecule has 0 amide bonds. The number of piperidine rings is 1. The van der Waals surface area contributed by atoms with E-state index in [9.17, 15) is 0 Å². The number of nitrogen functional groups attached to an aromatic ring is 1. The van der Waals surface area contributed by atoms with Crippen molar-refractivity contribution in [3.63, 3.8) is 0 Å². The third-order valence-electron chi connectivity index (χ3n) is 4.52. The Morgan fingerprint density at radius 3 is 2.68 bits per heavy atom. The average molecular weight is 257 g/mol. The number of likely N-dealkylation sites (tertiary alicyclic amines) is 1. The number of rotatable bonds is 2. The van der Waals surface area contributed by atoms with Crippen molar-refractivity contribution in [1.29, 1.82) is 0 Å². The van der Waals surface area contributed by atoms with Crippen LogP contribution in [0.1, 0.15) is 31.2 Å². The minimum absolute atomic E-state index is 0.688. The zero-order valence-corrected chi connectivity index (χ0v) is 11.9. The molecule has 1 fully saturated rings. The molecular weight excluding hydrogens is 234 g/mol. The molecule has 1 aliphatic heterocycles. The molecule has 0 spiro atoms. The number of aryl methyl sites for hydroxylation is 1. The molecule has 0 bridgehead atoms. The van der Waals surface area contributed by atoms with Crippen LogP contribution < -0.4 is 5.73 Å². The van der Waals surface area contributed by atoms with Gasteiger partial charge in [-0.3, -0.25) is 0 Å². The fourth-order valence-electron chi connectivity index (χ4n) is 3.33. The van der Waals surface area contributed by atoms with E-state index in [0.717, 1.165) is 5.69 Å². The number of benzene rings is 1. The predicted molar refractivity (Wildman–Crippen MR) is 81.4 cm³/mol. The predicted octanol–water partition coefficient (Wildman–Crippen LogP) is 2.96. The Kier molecular flexibility index (Phi) is 3.23. The zero-order chi connectivity index (χ0) is 13.4. The van der Waals surface area contributed by atoms with Crippen LogP contribution in [-0.4, -0.2) is 29.1 Å². The van der Waals surface area contributed by atoms with Gasteiger partial charge in [0.2, 0.25) is 0 Å². The smallest absolute Gasteiger partial charge is 0.0482 e. The molecule has 1 aromatic heterocycles. The normalized spacial score (nSPS) is 18.2. The Labute approximate surface area is 115 Å². The van der Waals surface area contributed by atoms with Gasteiger partial charge in [0, 0.05) is 29.8 Å². The summed E-state index contributed by atoms with van der Waals surface area (Å²) < 4.78 is 2.23. The number of aromatic nitrogens is 1. The third kappa shape index (κ3) is 2.23. The molecule has 2 aromatic rings. The molecule has 1 aromatic carbocycles. The van der Waals surface area contributed by atoms with Crippen molar-refractivity contribution in [2.75, 3.05) is 25.4 Å². The Balaban J connectivity index is 1.95. The van der Waals surface area contributed by atoms with Crippen molar-refractivity contribution in [3.8, 4) is 0 Å². The van der Waals surface area contributed by atoms with E-state index in [2.05, 4.69) is 41.8 Å². The van der Waals surface area contributed by atoms with Gasteiger partial charge in [0.15, 0.2) is 0 Å². The molecule has 1 aliphatic rings. The number of hydrogen-bond donors (Lipinski definition) is 1. The highest BCUT2D eigenvalue weighted by atomic mass is 15.1. The van der Waals surface area contributed by atoms with E-state index in [-0.39, 0.29) is 0 Å². The lowest BCUT2D eigenvalue weighted by molar-refractivity contribution is 0.223. The Hall–Kier alpha value is -1.48. The molecule has 0 radical (unpaired) electrons. The molecule has 0 aliphatic carbocycles. The summed E-state index contributed by atoms with van der Waals surface area (Å²) in [6.45, 7) is 5.87. The van der Waals surface area contributed by atoms with Crippen molar-refractivity contribution in [2.24, 2.45) is 7.05 Å². The lowest BCUT2D eigenvalue weighted by Gasteiger charge is -2.30. The number of nitrogens with zero attached hydrogens (tertiary/aromatic N) is 2. The van der Waals surface area contributed by atoms with Crippen LogP contribution in [0.3, 0.4) is 0 Å². The summed E-state index contributed by atoms with van der Waals surface area (Å²) in [5.41, 5.74) is 9.60. The van der Waals surface area contributed by atoms with Crippen LogP contribution in [0.25, 0.3) is 10.9 Å². The molecule has 3 nitrogen and oxygen atoms in total. The minimum Gasteiger partial charge on any atom is -0.399 e. The molecule has 19 heavy (non-hydrogen) atoms. The summed E-state index contributed by atoms with van der Waals surface area (Å²) in [5, 5.41) is 1.34. The highest BCUT2D eigenvalue weighted by Crippen LogP contribution is 2.34. The van der Waals surface area contributed by atoms with E-state index in [1.165, 1.54) is 48.9 Å². The maximum Gasteiger partial charge on any atom is 0.0482 e. The first-order valence-electron chi connectivity index (χ1n) is 7.26. The second-order valence-corrected chi connectivity index (χ2v) is 5.68. The maximum absolute atomic E-state index is 5.96. The molecule has 3 rings (SSSR count). The first-order chi connectivity index (χ1) is 9.19. The van der Waals surface area contributed by atoms with Crippen LogP contribution >= 0.6 is 0 Å². The summed E-state index contributed by atoms with van der Waals surface area (Å²) in [6, 6.07) is 6.26. The average Bonchev–Trinajstić information content (AvgIpc) is 2.75. The molecule has 2 N–H and O–H groups in total. The largest absolute Gasteiger partial charge is 0.399 e. The van der Waals surface area contributed by atoms with Gasteiger partial charge in [-0.2, -0.15) is 0 Å². The van der Waals surface area contributed by atoms with Gasteiger partial charge in [-0.1, -0.05) is 6.92 Å². The number of fused-ring (bicyclic) bond motifs is 1. The van der Waals surface area contributed by atoms with Gasteiger partial charge in [0.1, 0.15) is 0 Å². The van der Waals surface area contributed by atoms with Crippen LogP contribution in [0.15, 0.2) is 24.4 Å². The van der Waals surface area contributed by atoms with Gasteiger partial charge in [-0.25, -0.2) is 0 Å². The molecule has 0 saturated carbocycles. The van der Waals surface area contributed by atoms with Crippen molar-refractivity contribution in [3.05, 3.63) is 30.0 Å². The van der Waals surface area contributed by atoms with Crippen molar-refractivity contribution >= 4 is 16.6 Å². The minimum atomic E-state index is 0.688. The maximum atomic E-state index is 5.96. The first kappa shape index (κ1) is 12.5. The lowest BCUT2D eigenvalue weighted by atomic mass is 9.89. The van der Waals surface area contributed by atoms with Gasteiger partial charge in [0.25, 0.3) is 0 Å². The van der Waals surface area contributed by atoms with Gasteiger partial charge < -0.3 is 15.2 Å². The molecule has 1 saturated heterocycles. The second kappa shape index (κ2) is 4.89. The number of nitrogens with two attached hydrogens (primary N) is 1. The second-order valence-electron chi connectivity index (χ2n) is 5.68. The lowest BCUT2D eigenvalue weighted by Crippen LogP contribution is -2.32. The van der Waals surface area contributed by atoms with E-state index in [0.29, 0.717) is 5.92 Å². The Morgan fingerprint density at radius 2 is 2.00 bits per heavy atom. The number of hydrogen-bond acceptors (Lipinski definition) is 2. The van der Waals surface area contributed by atoms with Gasteiger partial charge in [-0.05, 0) is 62.2 Å². The van der Waals surface area contributed by atoms with E-state index in [1.54, 1.807) is 0 Å². The molecular formula is C16H23N3. The van der Waals surface area contributed by atoms with E-state index in [4.69, 9.17) is 5.73 Å². The third-order valence-corrected chi connectivity index (χ3v) is 4.52. The first-order valence-corrected chi connectivity index (χ1v) is 7.26. The van der Waals surface area contributed by atoms with Gasteiger partial charge in [0.05, 0.1) is 0 Å². The SMILES string of the molecule is CCN1CCC(c2cn(C)c3ccc(N)cc23)CC1. The Bertz CT molecular complexity index is 577. The van der Waals surface area contributed by atoms with Crippen LogP contribution in [0, 0.1) is 0 Å². The molecule has 0 unspecified atom stereocenters. The summed E-state index contributed by atoms with van der Waals surface area (Å²) in [7, 11) is 2.13. The summed E-state index contributed by atoms with van der Waals surface area (Å²) >= 11 is 0. The Morgan fingerprint density at radius 1 is 1.26 bits per heavy atom. The van der Waals surface area contributed by atoms with Gasteiger partial charge in [-0.15, -0.1) is 0 Å². The van der Waals surface area contributed by atoms with Crippen molar-refractivity contribution in [1.82, 2.24) is 9.47 Å². The topological polar surface area (TPSA) is 34.2 Å². The van der Waals surface area contributed by atoms with Crippen molar-refractivity contribution < 1.29 is 0 Å². The molecule has 3 heteroatoms. The molecule has 0 atom stereocenters. The highest BCUT2D eigenvalue weighted by Gasteiger charge is 2.22. The number of anilines is 1. The summed E-state index contributed by atoms with van der Waals surface area (Å²) in [6.07, 6.45) is 4.83. The van der Waals surface area contributed by atoms with Crippen LogP contribution in [-0.2, 0) is 7.05 Å². The van der Waals surface area contributed by atoms with E-state index < -0.39 is 0 Å². The highest BCUT2D eigenvalue weighted by molar-refractivity contribution is 5.87. The molecule has 102 valence electrons. The quantitative estimate of drug-likeness (QED) is 0.839. The molecule has 2 heterocycles. The standard InChI is InChI=1S/C16H23N3/c1-3-19-8-6-12(7-9-19)15-11-18(2)16-5-4-13(17)10-14(15)16/h4-5,10-12H,3,6-9,17H2,1-2H3. The summed E-state index contributed by atoms with van der Waals surface area (Å²) in [4.78, 5) is 2.54. The van der Waals surface area contributed by atoms with Crippen LogP contribution in [0.4, 0.5) is 5.69 Å². The van der Waals surface area contributed by atoms with Crippen molar-refractivity contribution in [2.45, 2.75) is 25.7 Å². The van der Waals surface area contributed by atoms with Crippen LogP contribution in [0.5, 0.6) is 0 Å². The fourth-order valence-corrected chi connectivity index (χ4v) is 3.33. The van der Waals surface area contributed by atoms with Crippen LogP contribution in [0.2, 0.25) is 0 Å². The van der Waals surface area contributed by atoms with Gasteiger partial charge >= 0.3 is 0 Å². The monoisotopic (exact) mass is 257 g/mol.